The highest BCUT2D eigenvalue weighted by atomic mass is 16.4. The van der Waals surface area contributed by atoms with Crippen molar-refractivity contribution in [1.82, 2.24) is 5.32 Å². The molecule has 0 heterocycles. The number of hydrogen-bond acceptors (Lipinski definition) is 2. The van der Waals surface area contributed by atoms with Gasteiger partial charge in [0.1, 0.15) is 0 Å². The fraction of sp³-hybridized carbons (Fsp3) is 0.375. The number of benzene rings is 1. The Hall–Kier alpha value is -2.10. The summed E-state index contributed by atoms with van der Waals surface area (Å²) in [5.74, 6) is -1.89. The zero-order valence-electron chi connectivity index (χ0n) is 11.0. The van der Waals surface area contributed by atoms with Gasteiger partial charge in [-0.25, -0.2) is 0 Å². The molecule has 1 fully saturated rings. The summed E-state index contributed by atoms with van der Waals surface area (Å²) in [6.07, 6.45) is 4.74. The van der Waals surface area contributed by atoms with Gasteiger partial charge in [-0.15, -0.1) is 0 Å². The molecule has 0 aromatic heterocycles. The Balaban J connectivity index is 1.68. The first-order valence-corrected chi connectivity index (χ1v) is 6.89. The lowest BCUT2D eigenvalue weighted by molar-refractivity contribution is -0.147. The van der Waals surface area contributed by atoms with Gasteiger partial charge in [0.05, 0.1) is 11.8 Å². The molecular formula is C16H17NO3. The van der Waals surface area contributed by atoms with Crippen molar-refractivity contribution in [2.45, 2.75) is 13.0 Å². The molecule has 0 spiro atoms. The van der Waals surface area contributed by atoms with Crippen LogP contribution in [-0.4, -0.2) is 17.0 Å². The van der Waals surface area contributed by atoms with Crippen LogP contribution in [0.5, 0.6) is 0 Å². The molecule has 104 valence electrons. The van der Waals surface area contributed by atoms with E-state index in [4.69, 9.17) is 0 Å². The van der Waals surface area contributed by atoms with Crippen LogP contribution in [0.4, 0.5) is 0 Å². The number of hydrogen-bond donors (Lipinski definition) is 2. The minimum atomic E-state index is -0.860. The van der Waals surface area contributed by atoms with Gasteiger partial charge in [-0.1, -0.05) is 42.5 Å². The molecule has 4 atom stereocenters. The minimum Gasteiger partial charge on any atom is -0.481 e. The molecule has 3 rings (SSSR count). The molecular weight excluding hydrogens is 254 g/mol. The first-order valence-electron chi connectivity index (χ1n) is 6.89. The quantitative estimate of drug-likeness (QED) is 0.821. The van der Waals surface area contributed by atoms with Gasteiger partial charge in [0, 0.05) is 6.54 Å². The first kappa shape index (κ1) is 12.9. The van der Waals surface area contributed by atoms with E-state index >= 15 is 0 Å². The van der Waals surface area contributed by atoms with Crippen molar-refractivity contribution in [2.24, 2.45) is 23.7 Å². The van der Waals surface area contributed by atoms with Crippen LogP contribution in [0.3, 0.4) is 0 Å². The van der Waals surface area contributed by atoms with Crippen molar-refractivity contribution in [3.05, 3.63) is 48.0 Å². The molecule has 2 aliphatic carbocycles. The van der Waals surface area contributed by atoms with E-state index < -0.39 is 17.8 Å². The van der Waals surface area contributed by atoms with Crippen molar-refractivity contribution < 1.29 is 14.7 Å². The first-order chi connectivity index (χ1) is 9.66. The molecule has 1 saturated carbocycles. The summed E-state index contributed by atoms with van der Waals surface area (Å²) in [5.41, 5.74) is 1.02. The van der Waals surface area contributed by atoms with Gasteiger partial charge in [0.15, 0.2) is 0 Å². The predicted octanol–water partition coefficient (Wildman–Crippen LogP) is 1.83. The van der Waals surface area contributed by atoms with Gasteiger partial charge in [0.25, 0.3) is 0 Å². The zero-order chi connectivity index (χ0) is 14.1. The molecule has 0 aliphatic heterocycles. The molecule has 1 aromatic rings. The largest absolute Gasteiger partial charge is 0.481 e. The lowest BCUT2D eigenvalue weighted by Crippen LogP contribution is -2.39. The van der Waals surface area contributed by atoms with E-state index in [9.17, 15) is 14.7 Å². The molecule has 1 amide bonds. The number of fused-ring (bicyclic) bond motifs is 2. The number of carboxylic acid groups (broad SMARTS) is 1. The average Bonchev–Trinajstić information content (AvgIpc) is 3.06. The van der Waals surface area contributed by atoms with Crippen LogP contribution in [0.25, 0.3) is 0 Å². The van der Waals surface area contributed by atoms with Gasteiger partial charge in [-0.3, -0.25) is 9.59 Å². The summed E-state index contributed by atoms with van der Waals surface area (Å²) in [6, 6.07) is 9.64. The molecule has 0 saturated heterocycles. The van der Waals surface area contributed by atoms with E-state index in [2.05, 4.69) is 5.32 Å². The summed E-state index contributed by atoms with van der Waals surface area (Å²) in [5, 5.41) is 12.2. The number of allylic oxidation sites excluding steroid dienone is 2. The number of aliphatic carboxylic acids is 1. The Morgan fingerprint density at radius 1 is 1.10 bits per heavy atom. The Labute approximate surface area is 117 Å². The maximum absolute atomic E-state index is 12.3. The molecule has 4 heteroatoms. The Morgan fingerprint density at radius 3 is 2.40 bits per heavy atom. The third-order valence-electron chi connectivity index (χ3n) is 4.36. The monoisotopic (exact) mass is 271 g/mol. The number of nitrogens with one attached hydrogen (secondary N) is 1. The molecule has 4 nitrogen and oxygen atoms in total. The summed E-state index contributed by atoms with van der Waals surface area (Å²) in [4.78, 5) is 23.7. The van der Waals surface area contributed by atoms with E-state index in [0.717, 1.165) is 12.0 Å². The van der Waals surface area contributed by atoms with Gasteiger partial charge < -0.3 is 10.4 Å². The van der Waals surface area contributed by atoms with Crippen LogP contribution in [0, 0.1) is 23.7 Å². The fourth-order valence-corrected chi connectivity index (χ4v) is 3.42. The molecule has 0 unspecified atom stereocenters. The Morgan fingerprint density at radius 2 is 1.75 bits per heavy atom. The molecule has 2 N–H and O–H groups in total. The van der Waals surface area contributed by atoms with E-state index in [1.165, 1.54) is 0 Å². The minimum absolute atomic E-state index is 0.0185. The maximum atomic E-state index is 12.3. The summed E-state index contributed by atoms with van der Waals surface area (Å²) >= 11 is 0. The third kappa shape index (κ3) is 2.22. The number of carboxylic acids is 1. The second-order valence-electron chi connectivity index (χ2n) is 5.54. The zero-order valence-corrected chi connectivity index (χ0v) is 11.0. The lowest BCUT2D eigenvalue weighted by Gasteiger charge is -2.23. The molecule has 2 aliphatic rings. The molecule has 0 radical (unpaired) electrons. The summed E-state index contributed by atoms with van der Waals surface area (Å²) < 4.78 is 0. The molecule has 2 bridgehead atoms. The number of amides is 1. The smallest absolute Gasteiger partial charge is 0.307 e. The normalized spacial score (nSPS) is 30.4. The second kappa shape index (κ2) is 5.12. The van der Waals surface area contributed by atoms with Gasteiger partial charge >= 0.3 is 5.97 Å². The van der Waals surface area contributed by atoms with Crippen molar-refractivity contribution in [3.8, 4) is 0 Å². The van der Waals surface area contributed by atoms with Crippen molar-refractivity contribution in [2.75, 3.05) is 0 Å². The van der Waals surface area contributed by atoms with E-state index in [-0.39, 0.29) is 17.7 Å². The summed E-state index contributed by atoms with van der Waals surface area (Å²) in [7, 11) is 0. The lowest BCUT2D eigenvalue weighted by atomic mass is 9.82. The van der Waals surface area contributed by atoms with Crippen LogP contribution >= 0.6 is 0 Å². The van der Waals surface area contributed by atoms with Crippen molar-refractivity contribution in [3.63, 3.8) is 0 Å². The highest BCUT2D eigenvalue weighted by molar-refractivity contribution is 5.86. The van der Waals surface area contributed by atoms with Gasteiger partial charge in [-0.05, 0) is 23.8 Å². The standard InChI is InChI=1S/C16H17NO3/c18-15(17-9-10-4-2-1-3-5-10)13-11-6-7-12(8-11)14(13)16(19)20/h1-7,11-14H,8-9H2,(H,17,18)(H,19,20)/t11-,12-,13-,14+/m0/s1. The van der Waals surface area contributed by atoms with Crippen LogP contribution in [0.2, 0.25) is 0 Å². The number of rotatable bonds is 4. The molecule has 1 aromatic carbocycles. The van der Waals surface area contributed by atoms with Crippen LogP contribution in [-0.2, 0) is 16.1 Å². The average molecular weight is 271 g/mol. The Kier molecular flexibility index (Phi) is 3.30. The number of carbonyl (C=O) groups excluding carboxylic acids is 1. The maximum Gasteiger partial charge on any atom is 0.307 e. The molecule has 20 heavy (non-hydrogen) atoms. The predicted molar refractivity (Wildman–Crippen MR) is 73.6 cm³/mol. The van der Waals surface area contributed by atoms with Gasteiger partial charge in [-0.2, -0.15) is 0 Å². The Bertz CT molecular complexity index is 552. The highest BCUT2D eigenvalue weighted by Gasteiger charge is 2.51. The van der Waals surface area contributed by atoms with Gasteiger partial charge in [0.2, 0.25) is 5.91 Å². The van der Waals surface area contributed by atoms with Crippen molar-refractivity contribution in [1.29, 1.82) is 0 Å². The van der Waals surface area contributed by atoms with E-state index in [1.807, 2.05) is 42.5 Å². The van der Waals surface area contributed by atoms with E-state index in [1.54, 1.807) is 0 Å². The van der Waals surface area contributed by atoms with Crippen LogP contribution < -0.4 is 5.32 Å². The SMILES string of the molecule is O=C(NCc1ccccc1)[C@@H]1[C@H](C(=O)O)[C@H]2C=C[C@H]1C2. The van der Waals surface area contributed by atoms with Crippen LogP contribution in [0.15, 0.2) is 42.5 Å². The topological polar surface area (TPSA) is 66.4 Å². The summed E-state index contributed by atoms with van der Waals surface area (Å²) in [6.45, 7) is 0.448. The van der Waals surface area contributed by atoms with Crippen molar-refractivity contribution >= 4 is 11.9 Å². The number of carbonyl (C=O) groups is 2. The third-order valence-corrected chi connectivity index (χ3v) is 4.36. The second-order valence-corrected chi connectivity index (χ2v) is 5.54. The fourth-order valence-electron chi connectivity index (χ4n) is 3.42. The van der Waals surface area contributed by atoms with E-state index in [0.29, 0.717) is 6.54 Å². The highest BCUT2D eigenvalue weighted by Crippen LogP contribution is 2.48. The van der Waals surface area contributed by atoms with Crippen LogP contribution in [0.1, 0.15) is 12.0 Å².